The molecule has 2 aliphatic rings. The van der Waals surface area contributed by atoms with Gasteiger partial charge in [0.2, 0.25) is 0 Å². The lowest BCUT2D eigenvalue weighted by molar-refractivity contribution is -0.00712. The fraction of sp³-hybridized carbons (Fsp3) is 0.846. The summed E-state index contributed by atoms with van der Waals surface area (Å²) in [5, 5.41) is 0. The molecule has 92 valence electrons. The van der Waals surface area contributed by atoms with Crippen LogP contribution in [0.1, 0.15) is 32.6 Å². The molecular weight excluding hydrogens is 204 g/mol. The van der Waals surface area contributed by atoms with E-state index in [0.717, 1.165) is 32.7 Å². The molecule has 1 heterocycles. The number of ether oxygens (including phenoxy) is 3. The molecule has 0 amide bonds. The summed E-state index contributed by atoms with van der Waals surface area (Å²) >= 11 is 0. The van der Waals surface area contributed by atoms with Crippen molar-refractivity contribution in [3.63, 3.8) is 0 Å². The Bertz CT molecular complexity index is 227. The maximum Gasteiger partial charge on any atom is 0.104 e. The summed E-state index contributed by atoms with van der Waals surface area (Å²) in [5.74, 6) is 0. The maximum absolute atomic E-state index is 5.71. The largest absolute Gasteiger partial charge is 0.499 e. The molecule has 16 heavy (non-hydrogen) atoms. The van der Waals surface area contributed by atoms with Gasteiger partial charge in [0.25, 0.3) is 0 Å². The fourth-order valence-electron chi connectivity index (χ4n) is 2.31. The van der Waals surface area contributed by atoms with Gasteiger partial charge in [0, 0.05) is 0 Å². The van der Waals surface area contributed by atoms with Crippen LogP contribution < -0.4 is 0 Å². The molecule has 0 aromatic carbocycles. The van der Waals surface area contributed by atoms with E-state index < -0.39 is 0 Å². The molecule has 1 saturated heterocycles. The molecule has 0 bridgehead atoms. The molecule has 0 aromatic rings. The molecule has 3 heteroatoms. The van der Waals surface area contributed by atoms with E-state index in [0.29, 0.717) is 17.6 Å². The average Bonchev–Trinajstić information content (AvgIpc) is 3.06. The van der Waals surface area contributed by atoms with Crippen LogP contribution in [-0.4, -0.2) is 32.0 Å². The standard InChI is InChI=1S/C13H22O3/c1-3-15-11-4-6-13(2,7-5-11)10-14-8-12-9-16-12/h3,11-12H,1,4-10H2,2H3. The molecule has 2 fully saturated rings. The third-order valence-electron chi connectivity index (χ3n) is 3.59. The Morgan fingerprint density at radius 3 is 2.69 bits per heavy atom. The first-order valence-corrected chi connectivity index (χ1v) is 6.18. The number of rotatable bonds is 6. The van der Waals surface area contributed by atoms with Gasteiger partial charge < -0.3 is 14.2 Å². The van der Waals surface area contributed by atoms with E-state index in [9.17, 15) is 0 Å². The summed E-state index contributed by atoms with van der Waals surface area (Å²) < 4.78 is 16.3. The van der Waals surface area contributed by atoms with Crippen LogP contribution in [0.4, 0.5) is 0 Å². The van der Waals surface area contributed by atoms with E-state index in [1.54, 1.807) is 6.26 Å². The fourth-order valence-corrected chi connectivity index (χ4v) is 2.31. The van der Waals surface area contributed by atoms with E-state index >= 15 is 0 Å². The van der Waals surface area contributed by atoms with Gasteiger partial charge in [-0.15, -0.1) is 0 Å². The summed E-state index contributed by atoms with van der Waals surface area (Å²) in [7, 11) is 0. The van der Waals surface area contributed by atoms with Crippen molar-refractivity contribution in [3.05, 3.63) is 12.8 Å². The molecule has 1 unspecified atom stereocenters. The zero-order valence-electron chi connectivity index (χ0n) is 10.1. The highest BCUT2D eigenvalue weighted by Gasteiger charge is 2.32. The third kappa shape index (κ3) is 3.49. The van der Waals surface area contributed by atoms with Crippen LogP contribution in [0.2, 0.25) is 0 Å². The second kappa shape index (κ2) is 5.19. The topological polar surface area (TPSA) is 31.0 Å². The van der Waals surface area contributed by atoms with Crippen LogP contribution in [0.15, 0.2) is 12.8 Å². The van der Waals surface area contributed by atoms with Crippen LogP contribution in [0.25, 0.3) is 0 Å². The van der Waals surface area contributed by atoms with Crippen LogP contribution in [-0.2, 0) is 14.2 Å². The molecule has 1 saturated carbocycles. The van der Waals surface area contributed by atoms with Gasteiger partial charge in [-0.3, -0.25) is 0 Å². The Labute approximate surface area is 97.8 Å². The third-order valence-corrected chi connectivity index (χ3v) is 3.59. The molecule has 0 N–H and O–H groups in total. The normalized spacial score (nSPS) is 38.1. The minimum Gasteiger partial charge on any atom is -0.499 e. The molecule has 2 rings (SSSR count). The molecular formula is C13H22O3. The monoisotopic (exact) mass is 226 g/mol. The van der Waals surface area contributed by atoms with E-state index in [1.165, 1.54) is 12.8 Å². The van der Waals surface area contributed by atoms with E-state index in [2.05, 4.69) is 13.5 Å². The van der Waals surface area contributed by atoms with Crippen molar-refractivity contribution in [2.45, 2.75) is 44.8 Å². The van der Waals surface area contributed by atoms with Gasteiger partial charge in [-0.05, 0) is 31.1 Å². The maximum atomic E-state index is 5.71. The number of epoxide rings is 1. The van der Waals surface area contributed by atoms with Crippen LogP contribution in [0.5, 0.6) is 0 Å². The zero-order chi connectivity index (χ0) is 11.4. The molecule has 0 radical (unpaired) electrons. The molecule has 0 spiro atoms. The minimum atomic E-state index is 0.329. The van der Waals surface area contributed by atoms with Gasteiger partial charge >= 0.3 is 0 Å². The highest BCUT2D eigenvalue weighted by molar-refractivity contribution is 4.83. The van der Waals surface area contributed by atoms with Gasteiger partial charge in [-0.1, -0.05) is 13.5 Å². The van der Waals surface area contributed by atoms with Gasteiger partial charge in [0.1, 0.15) is 6.10 Å². The quantitative estimate of drug-likeness (QED) is 0.515. The minimum absolute atomic E-state index is 0.329. The Morgan fingerprint density at radius 1 is 1.44 bits per heavy atom. The SMILES string of the molecule is C=COC1CCC(C)(COCC2CO2)CC1. The van der Waals surface area contributed by atoms with Gasteiger partial charge in [0.15, 0.2) is 0 Å². The van der Waals surface area contributed by atoms with Crippen molar-refractivity contribution in [2.24, 2.45) is 5.41 Å². The molecule has 3 nitrogen and oxygen atoms in total. The van der Waals surface area contributed by atoms with E-state index in [-0.39, 0.29) is 0 Å². The van der Waals surface area contributed by atoms with Gasteiger partial charge in [-0.25, -0.2) is 0 Å². The highest BCUT2D eigenvalue weighted by atomic mass is 16.6. The van der Waals surface area contributed by atoms with Crippen molar-refractivity contribution < 1.29 is 14.2 Å². The predicted molar refractivity (Wildman–Crippen MR) is 62.2 cm³/mol. The Hall–Kier alpha value is -0.540. The van der Waals surface area contributed by atoms with E-state index in [1.807, 2.05) is 0 Å². The summed E-state index contributed by atoms with van der Waals surface area (Å²) in [5.41, 5.74) is 0.329. The van der Waals surface area contributed by atoms with Crippen LogP contribution in [0, 0.1) is 5.41 Å². The van der Waals surface area contributed by atoms with Gasteiger partial charge in [0.05, 0.1) is 32.2 Å². The Morgan fingerprint density at radius 2 is 2.12 bits per heavy atom. The second-order valence-electron chi connectivity index (χ2n) is 5.28. The lowest BCUT2D eigenvalue weighted by Gasteiger charge is -2.36. The first-order valence-electron chi connectivity index (χ1n) is 6.18. The van der Waals surface area contributed by atoms with Gasteiger partial charge in [-0.2, -0.15) is 0 Å². The number of hydrogen-bond donors (Lipinski definition) is 0. The first kappa shape index (κ1) is 11.9. The highest BCUT2D eigenvalue weighted by Crippen LogP contribution is 2.37. The second-order valence-corrected chi connectivity index (χ2v) is 5.28. The summed E-state index contributed by atoms with van der Waals surface area (Å²) in [6.45, 7) is 8.42. The van der Waals surface area contributed by atoms with Crippen molar-refractivity contribution in [1.82, 2.24) is 0 Å². The van der Waals surface area contributed by atoms with Crippen molar-refractivity contribution >= 4 is 0 Å². The number of hydrogen-bond acceptors (Lipinski definition) is 3. The summed E-state index contributed by atoms with van der Waals surface area (Å²) in [6, 6.07) is 0. The van der Waals surface area contributed by atoms with E-state index in [4.69, 9.17) is 14.2 Å². The average molecular weight is 226 g/mol. The molecule has 0 aromatic heterocycles. The first-order chi connectivity index (χ1) is 7.72. The molecule has 1 aliphatic heterocycles. The zero-order valence-corrected chi connectivity index (χ0v) is 10.1. The predicted octanol–water partition coefficient (Wildman–Crippen LogP) is 2.51. The lowest BCUT2D eigenvalue weighted by atomic mass is 9.75. The summed E-state index contributed by atoms with van der Waals surface area (Å²) in [6.07, 6.45) is 6.90. The molecule has 1 atom stereocenters. The summed E-state index contributed by atoms with van der Waals surface area (Å²) in [4.78, 5) is 0. The molecule has 1 aliphatic carbocycles. The van der Waals surface area contributed by atoms with Crippen LogP contribution in [0.3, 0.4) is 0 Å². The lowest BCUT2D eigenvalue weighted by Crippen LogP contribution is -2.32. The smallest absolute Gasteiger partial charge is 0.104 e. The van der Waals surface area contributed by atoms with Crippen LogP contribution >= 0.6 is 0 Å². The Kier molecular flexibility index (Phi) is 3.87. The van der Waals surface area contributed by atoms with Crippen molar-refractivity contribution in [1.29, 1.82) is 0 Å². The van der Waals surface area contributed by atoms with Crippen molar-refractivity contribution in [3.8, 4) is 0 Å². The van der Waals surface area contributed by atoms with Crippen molar-refractivity contribution in [2.75, 3.05) is 19.8 Å². The Balaban J connectivity index is 1.65.